The van der Waals surface area contributed by atoms with Crippen LogP contribution in [0.1, 0.15) is 5.56 Å². The lowest BCUT2D eigenvalue weighted by Crippen LogP contribution is -2.23. The number of hydrogen-bond donors (Lipinski definition) is 1. The molecule has 0 unspecified atom stereocenters. The molecule has 1 aromatic heterocycles. The normalized spacial score (nSPS) is 10.8. The van der Waals surface area contributed by atoms with Crippen LogP contribution in [0, 0.1) is 0 Å². The Bertz CT molecular complexity index is 1440. The van der Waals surface area contributed by atoms with Gasteiger partial charge in [0.15, 0.2) is 0 Å². The Morgan fingerprint density at radius 2 is 1.14 bits per heavy atom. The van der Waals surface area contributed by atoms with Crippen LogP contribution in [0.15, 0.2) is 126 Å². The summed E-state index contributed by atoms with van der Waals surface area (Å²) < 4.78 is 14.9. The van der Waals surface area contributed by atoms with Gasteiger partial charge in [0.25, 0.3) is 0 Å². The highest BCUT2D eigenvalue weighted by atomic mass is 16.5. The van der Waals surface area contributed by atoms with Crippen LogP contribution in [0.3, 0.4) is 0 Å². The number of benzene rings is 4. The molecule has 0 aliphatic heterocycles. The van der Waals surface area contributed by atoms with Crippen LogP contribution in [-0.2, 0) is 6.42 Å². The molecule has 0 bridgehead atoms. The van der Waals surface area contributed by atoms with Crippen LogP contribution in [0.4, 0.5) is 0 Å². The molecule has 0 aliphatic carbocycles. The van der Waals surface area contributed by atoms with Gasteiger partial charge < -0.3 is 14.8 Å². The van der Waals surface area contributed by atoms with Gasteiger partial charge in [-0.25, -0.2) is 4.79 Å². The molecular weight excluding hydrogens is 462 g/mol. The molecule has 1 N–H and O–H groups in total. The van der Waals surface area contributed by atoms with Crippen molar-refractivity contribution in [3.05, 3.63) is 138 Å². The van der Waals surface area contributed by atoms with Crippen LogP contribution in [0.2, 0.25) is 0 Å². The lowest BCUT2D eigenvalue weighted by Gasteiger charge is -2.09. The minimum Gasteiger partial charge on any atom is -0.492 e. The van der Waals surface area contributed by atoms with Crippen molar-refractivity contribution in [3.63, 3.8) is 0 Å². The second-order valence-electron chi connectivity index (χ2n) is 8.56. The highest BCUT2D eigenvalue weighted by Gasteiger charge is 2.08. The number of imidazole rings is 1. The fourth-order valence-corrected chi connectivity index (χ4v) is 4.02. The van der Waals surface area contributed by atoms with Crippen LogP contribution in [0.5, 0.6) is 17.2 Å². The summed E-state index contributed by atoms with van der Waals surface area (Å²) in [5.41, 5.74) is 2.72. The summed E-state index contributed by atoms with van der Waals surface area (Å²) in [7, 11) is 0. The summed E-state index contributed by atoms with van der Waals surface area (Å²) in [4.78, 5) is 13.1. The number of para-hydroxylation sites is 1. The molecule has 1 heterocycles. The first-order valence-electron chi connectivity index (χ1n) is 12.4. The molecule has 6 nitrogen and oxygen atoms in total. The third kappa shape index (κ3) is 6.37. The van der Waals surface area contributed by atoms with Crippen molar-refractivity contribution in [1.82, 2.24) is 14.5 Å². The summed E-state index contributed by atoms with van der Waals surface area (Å²) in [5.74, 6) is 2.25. The fourth-order valence-electron chi connectivity index (χ4n) is 4.02. The maximum atomic E-state index is 13.1. The van der Waals surface area contributed by atoms with E-state index >= 15 is 0 Å². The molecule has 0 saturated heterocycles. The minimum absolute atomic E-state index is 0.145. The number of hydrogen-bond acceptors (Lipinski definition) is 4. The van der Waals surface area contributed by atoms with E-state index < -0.39 is 0 Å². The lowest BCUT2D eigenvalue weighted by atomic mass is 10.1. The number of ether oxygens (including phenoxy) is 2. The van der Waals surface area contributed by atoms with E-state index in [1.807, 2.05) is 84.9 Å². The third-order valence-electron chi connectivity index (χ3n) is 5.97. The Morgan fingerprint density at radius 3 is 1.76 bits per heavy atom. The predicted molar refractivity (Wildman–Crippen MR) is 146 cm³/mol. The van der Waals surface area contributed by atoms with E-state index in [-0.39, 0.29) is 5.69 Å². The maximum absolute atomic E-state index is 13.1. The van der Waals surface area contributed by atoms with E-state index in [2.05, 4.69) is 29.6 Å². The molecule has 0 spiro atoms. The highest BCUT2D eigenvalue weighted by molar-refractivity contribution is 5.41. The fraction of sp³-hybridized carbons (Fsp3) is 0.129. The van der Waals surface area contributed by atoms with Gasteiger partial charge in [0, 0.05) is 18.9 Å². The SMILES string of the molecule is O=c1n(-c2ccc(OCCNCCc3ccccc3)cc2)ccn1-c1ccc(Oc2ccccc2)cc1. The first-order chi connectivity index (χ1) is 18.3. The van der Waals surface area contributed by atoms with Crippen molar-refractivity contribution < 1.29 is 9.47 Å². The van der Waals surface area contributed by atoms with Gasteiger partial charge in [-0.05, 0) is 79.2 Å². The van der Waals surface area contributed by atoms with Crippen molar-refractivity contribution in [3.8, 4) is 28.6 Å². The summed E-state index contributed by atoms with van der Waals surface area (Å²) in [6.07, 6.45) is 4.53. The van der Waals surface area contributed by atoms with E-state index in [0.717, 1.165) is 42.4 Å². The maximum Gasteiger partial charge on any atom is 0.337 e. The van der Waals surface area contributed by atoms with Crippen molar-refractivity contribution in [1.29, 1.82) is 0 Å². The largest absolute Gasteiger partial charge is 0.492 e. The molecule has 6 heteroatoms. The zero-order valence-corrected chi connectivity index (χ0v) is 20.5. The zero-order valence-electron chi connectivity index (χ0n) is 20.5. The standard InChI is InChI=1S/C31H29N3O3/c35-31-33(22-23-34(31)27-13-17-30(18-14-27)37-29-9-5-2-6-10-29)26-11-15-28(16-12-26)36-24-21-32-20-19-25-7-3-1-4-8-25/h1-18,22-23,32H,19-21,24H2. The van der Waals surface area contributed by atoms with Gasteiger partial charge in [-0.3, -0.25) is 9.13 Å². The molecule has 0 amide bonds. The second-order valence-corrected chi connectivity index (χ2v) is 8.56. The highest BCUT2D eigenvalue weighted by Crippen LogP contribution is 2.22. The Balaban J connectivity index is 1.14. The van der Waals surface area contributed by atoms with Crippen LogP contribution >= 0.6 is 0 Å². The van der Waals surface area contributed by atoms with E-state index in [1.54, 1.807) is 21.5 Å². The number of nitrogens with one attached hydrogen (secondary N) is 1. The molecule has 0 fully saturated rings. The van der Waals surface area contributed by atoms with Gasteiger partial charge in [-0.1, -0.05) is 48.5 Å². The molecule has 4 aromatic carbocycles. The van der Waals surface area contributed by atoms with Gasteiger partial charge in [-0.15, -0.1) is 0 Å². The van der Waals surface area contributed by atoms with Crippen molar-refractivity contribution >= 4 is 0 Å². The number of nitrogens with zero attached hydrogens (tertiary/aromatic N) is 2. The van der Waals surface area contributed by atoms with Crippen molar-refractivity contribution in [2.45, 2.75) is 6.42 Å². The average molecular weight is 492 g/mol. The molecule has 5 rings (SSSR count). The average Bonchev–Trinajstić information content (AvgIpc) is 3.33. The van der Waals surface area contributed by atoms with Gasteiger partial charge in [0.05, 0.1) is 11.4 Å². The van der Waals surface area contributed by atoms with Gasteiger partial charge in [0.2, 0.25) is 0 Å². The zero-order chi connectivity index (χ0) is 25.3. The molecule has 0 aliphatic rings. The van der Waals surface area contributed by atoms with Gasteiger partial charge >= 0.3 is 5.69 Å². The smallest absolute Gasteiger partial charge is 0.337 e. The van der Waals surface area contributed by atoms with E-state index in [9.17, 15) is 4.79 Å². The topological polar surface area (TPSA) is 57.4 Å². The predicted octanol–water partition coefficient (Wildman–Crippen LogP) is 5.63. The quantitative estimate of drug-likeness (QED) is 0.243. The Kier molecular flexibility index (Phi) is 7.79. The van der Waals surface area contributed by atoms with Crippen LogP contribution in [-0.4, -0.2) is 28.8 Å². The molecule has 5 aromatic rings. The molecule has 0 saturated carbocycles. The van der Waals surface area contributed by atoms with E-state index in [1.165, 1.54) is 5.56 Å². The summed E-state index contributed by atoms with van der Waals surface area (Å²) >= 11 is 0. The summed E-state index contributed by atoms with van der Waals surface area (Å²) in [6.45, 7) is 2.26. The van der Waals surface area contributed by atoms with E-state index in [0.29, 0.717) is 12.4 Å². The summed E-state index contributed by atoms with van der Waals surface area (Å²) in [6, 6.07) is 35.0. The molecule has 0 radical (unpaired) electrons. The van der Waals surface area contributed by atoms with E-state index in [4.69, 9.17) is 9.47 Å². The second kappa shape index (κ2) is 11.9. The Labute approximate surface area is 216 Å². The number of aromatic nitrogens is 2. The number of rotatable bonds is 11. The first-order valence-corrected chi connectivity index (χ1v) is 12.4. The van der Waals surface area contributed by atoms with Crippen LogP contribution in [0.25, 0.3) is 11.4 Å². The summed E-state index contributed by atoms with van der Waals surface area (Å²) in [5, 5.41) is 3.40. The molecule has 0 atom stereocenters. The third-order valence-corrected chi connectivity index (χ3v) is 5.97. The van der Waals surface area contributed by atoms with Gasteiger partial charge in [-0.2, -0.15) is 0 Å². The van der Waals surface area contributed by atoms with Crippen molar-refractivity contribution in [2.75, 3.05) is 19.7 Å². The van der Waals surface area contributed by atoms with Crippen molar-refractivity contribution in [2.24, 2.45) is 0 Å². The monoisotopic (exact) mass is 491 g/mol. The Morgan fingerprint density at radius 1 is 0.595 bits per heavy atom. The minimum atomic E-state index is -0.145. The molecule has 186 valence electrons. The first kappa shape index (κ1) is 24.2. The Hall–Kier alpha value is -4.55. The lowest BCUT2D eigenvalue weighted by molar-refractivity contribution is 0.314. The molecule has 37 heavy (non-hydrogen) atoms. The van der Waals surface area contributed by atoms with Gasteiger partial charge in [0.1, 0.15) is 23.9 Å². The molecular formula is C31H29N3O3. The van der Waals surface area contributed by atoms with Crippen LogP contribution < -0.4 is 20.5 Å².